The van der Waals surface area contributed by atoms with Gasteiger partial charge in [0.25, 0.3) is 15.9 Å². The standard InChI is InChI=1S/C27H41FN4O4S2/c1-32(2)15-12-21(19-37-22-10-6-4-7-11-22)30-25-20(18-29)16-23(17-24(25)28)38(34,35)31-26(33)27(36-3)13-8-5-9-14-27/h16-17,21-22,30H,4-15,19H2,1-3H3,(H,31,33)/t21-/m1/s1. The Kier molecular flexibility index (Phi) is 11.3. The van der Waals surface area contributed by atoms with Gasteiger partial charge in [0.2, 0.25) is 0 Å². The second kappa shape index (κ2) is 14.0. The van der Waals surface area contributed by atoms with Crippen molar-refractivity contribution in [2.45, 2.75) is 92.4 Å². The van der Waals surface area contributed by atoms with E-state index in [0.717, 1.165) is 50.1 Å². The van der Waals surface area contributed by atoms with Gasteiger partial charge >= 0.3 is 0 Å². The molecular formula is C27H41FN4O4S2. The summed E-state index contributed by atoms with van der Waals surface area (Å²) in [7, 11) is 0.928. The Bertz CT molecular complexity index is 1100. The van der Waals surface area contributed by atoms with E-state index in [9.17, 15) is 18.5 Å². The fourth-order valence-electron chi connectivity index (χ4n) is 5.19. The number of nitrogens with one attached hydrogen (secondary N) is 2. The van der Waals surface area contributed by atoms with Gasteiger partial charge in [0.1, 0.15) is 17.5 Å². The Morgan fingerprint density at radius 2 is 1.87 bits per heavy atom. The van der Waals surface area contributed by atoms with E-state index in [1.165, 1.54) is 39.2 Å². The van der Waals surface area contributed by atoms with Gasteiger partial charge in [-0.15, -0.1) is 0 Å². The molecule has 38 heavy (non-hydrogen) atoms. The lowest BCUT2D eigenvalue weighted by atomic mass is 9.84. The number of sulfonamides is 1. The Morgan fingerprint density at radius 1 is 1.21 bits per heavy atom. The van der Waals surface area contributed by atoms with Crippen LogP contribution in [0, 0.1) is 17.1 Å². The van der Waals surface area contributed by atoms with Gasteiger partial charge in [-0.05, 0) is 64.9 Å². The molecule has 0 radical (unpaired) electrons. The molecule has 0 bridgehead atoms. The van der Waals surface area contributed by atoms with E-state index in [1.807, 2.05) is 31.9 Å². The number of anilines is 1. The zero-order valence-electron chi connectivity index (χ0n) is 22.7. The van der Waals surface area contributed by atoms with E-state index in [-0.39, 0.29) is 17.3 Å². The van der Waals surface area contributed by atoms with Crippen LogP contribution >= 0.6 is 11.8 Å². The summed E-state index contributed by atoms with van der Waals surface area (Å²) < 4.78 is 49.0. The van der Waals surface area contributed by atoms with Crippen LogP contribution in [0.5, 0.6) is 0 Å². The molecule has 0 aromatic heterocycles. The number of carbonyl (C=O) groups is 1. The first-order valence-electron chi connectivity index (χ1n) is 13.5. The Labute approximate surface area is 231 Å². The van der Waals surface area contributed by atoms with Crippen LogP contribution in [-0.2, 0) is 19.6 Å². The van der Waals surface area contributed by atoms with Crippen LogP contribution in [0.1, 0.15) is 76.2 Å². The number of carbonyl (C=O) groups excluding carboxylic acids is 1. The van der Waals surface area contributed by atoms with Crippen LogP contribution in [0.2, 0.25) is 0 Å². The fraction of sp³-hybridized carbons (Fsp3) is 0.704. The Hall–Kier alpha value is -1.87. The molecule has 3 rings (SSSR count). The first-order chi connectivity index (χ1) is 18.1. The number of nitriles is 1. The second-order valence-electron chi connectivity index (χ2n) is 10.7. The smallest absolute Gasteiger partial charge is 0.265 e. The van der Waals surface area contributed by atoms with Crippen molar-refractivity contribution >= 4 is 33.4 Å². The van der Waals surface area contributed by atoms with Gasteiger partial charge < -0.3 is 15.0 Å². The van der Waals surface area contributed by atoms with Crippen LogP contribution in [0.4, 0.5) is 10.1 Å². The number of rotatable bonds is 12. The quantitative estimate of drug-likeness (QED) is 0.375. The molecule has 1 aromatic rings. The van der Waals surface area contributed by atoms with E-state index in [2.05, 4.69) is 14.9 Å². The van der Waals surface area contributed by atoms with Crippen molar-refractivity contribution in [3.8, 4) is 6.07 Å². The van der Waals surface area contributed by atoms with Crippen molar-refractivity contribution in [1.29, 1.82) is 5.26 Å². The van der Waals surface area contributed by atoms with Gasteiger partial charge in [0.15, 0.2) is 0 Å². The van der Waals surface area contributed by atoms with E-state index in [4.69, 9.17) is 4.74 Å². The van der Waals surface area contributed by atoms with Crippen molar-refractivity contribution in [3.05, 3.63) is 23.5 Å². The molecule has 1 amide bonds. The molecule has 2 aliphatic carbocycles. The molecule has 212 valence electrons. The zero-order valence-corrected chi connectivity index (χ0v) is 24.4. The molecule has 1 atom stereocenters. The molecule has 0 heterocycles. The maximum atomic E-state index is 15.4. The molecule has 0 unspecified atom stereocenters. The molecule has 0 spiro atoms. The van der Waals surface area contributed by atoms with Crippen molar-refractivity contribution in [2.24, 2.45) is 0 Å². The summed E-state index contributed by atoms with van der Waals surface area (Å²) in [5.74, 6) is -0.837. The Balaban J connectivity index is 1.79. The number of thioether (sulfide) groups is 1. The number of amides is 1. The summed E-state index contributed by atoms with van der Waals surface area (Å²) in [6.07, 6.45) is 10.1. The van der Waals surface area contributed by atoms with Crippen molar-refractivity contribution < 1.29 is 22.3 Å². The number of methoxy groups -OCH3 is 1. The Morgan fingerprint density at radius 3 is 2.47 bits per heavy atom. The number of hydrogen-bond acceptors (Lipinski definition) is 8. The van der Waals surface area contributed by atoms with Gasteiger partial charge in [0, 0.05) is 24.2 Å². The first-order valence-corrected chi connectivity index (χ1v) is 16.0. The summed E-state index contributed by atoms with van der Waals surface area (Å²) in [4.78, 5) is 14.5. The zero-order chi connectivity index (χ0) is 27.8. The third-order valence-corrected chi connectivity index (χ3v) is 10.4. The predicted molar refractivity (Wildman–Crippen MR) is 149 cm³/mol. The lowest BCUT2D eigenvalue weighted by Crippen LogP contribution is -2.51. The van der Waals surface area contributed by atoms with Crippen LogP contribution in [0.15, 0.2) is 17.0 Å². The highest BCUT2D eigenvalue weighted by molar-refractivity contribution is 7.99. The van der Waals surface area contributed by atoms with E-state index >= 15 is 4.39 Å². The maximum absolute atomic E-state index is 15.4. The third kappa shape index (κ3) is 8.07. The summed E-state index contributed by atoms with van der Waals surface area (Å²) >= 11 is 1.88. The lowest BCUT2D eigenvalue weighted by molar-refractivity contribution is -0.145. The average Bonchev–Trinajstić information content (AvgIpc) is 2.91. The first kappa shape index (κ1) is 30.7. The van der Waals surface area contributed by atoms with Crippen molar-refractivity contribution in [2.75, 3.05) is 38.8 Å². The largest absolute Gasteiger partial charge is 0.378 e. The lowest BCUT2D eigenvalue weighted by Gasteiger charge is -2.34. The summed E-state index contributed by atoms with van der Waals surface area (Å²) in [6, 6.07) is 3.84. The molecule has 0 aliphatic heterocycles. The molecule has 2 saturated carbocycles. The van der Waals surface area contributed by atoms with E-state index in [0.29, 0.717) is 18.1 Å². The topological polar surface area (TPSA) is 112 Å². The summed E-state index contributed by atoms with van der Waals surface area (Å²) in [5, 5.41) is 13.6. The van der Waals surface area contributed by atoms with Gasteiger partial charge in [-0.25, -0.2) is 17.5 Å². The molecule has 8 nitrogen and oxygen atoms in total. The van der Waals surface area contributed by atoms with Gasteiger partial charge in [-0.1, -0.05) is 38.5 Å². The van der Waals surface area contributed by atoms with E-state index in [1.54, 1.807) is 0 Å². The molecule has 1 aromatic carbocycles. The van der Waals surface area contributed by atoms with Crippen LogP contribution in [-0.4, -0.2) is 69.6 Å². The molecule has 2 aliphatic rings. The summed E-state index contributed by atoms with van der Waals surface area (Å²) in [5.41, 5.74) is -1.35. The van der Waals surface area contributed by atoms with Crippen molar-refractivity contribution in [1.82, 2.24) is 9.62 Å². The second-order valence-corrected chi connectivity index (χ2v) is 13.7. The average molecular weight is 569 g/mol. The molecular weight excluding hydrogens is 527 g/mol. The number of halogens is 1. The minimum atomic E-state index is -4.41. The summed E-state index contributed by atoms with van der Waals surface area (Å²) in [6.45, 7) is 0.784. The van der Waals surface area contributed by atoms with Crippen LogP contribution in [0.25, 0.3) is 0 Å². The molecule has 0 saturated heterocycles. The number of benzene rings is 1. The number of nitrogens with zero attached hydrogens (tertiary/aromatic N) is 2. The van der Waals surface area contributed by atoms with Crippen LogP contribution < -0.4 is 10.0 Å². The predicted octanol–water partition coefficient (Wildman–Crippen LogP) is 4.65. The highest BCUT2D eigenvalue weighted by Gasteiger charge is 2.41. The van der Waals surface area contributed by atoms with Crippen molar-refractivity contribution in [3.63, 3.8) is 0 Å². The third-order valence-electron chi connectivity index (χ3n) is 7.55. The van der Waals surface area contributed by atoms with E-state index < -0.39 is 32.2 Å². The normalized spacial score (nSPS) is 19.1. The maximum Gasteiger partial charge on any atom is 0.265 e. The number of ether oxygens (including phenoxy) is 1. The molecule has 2 N–H and O–H groups in total. The molecule has 11 heteroatoms. The minimum absolute atomic E-state index is 0.00795. The van der Waals surface area contributed by atoms with Gasteiger partial charge in [-0.3, -0.25) is 4.79 Å². The number of hydrogen-bond donors (Lipinski definition) is 2. The van der Waals surface area contributed by atoms with Crippen LogP contribution in [0.3, 0.4) is 0 Å². The highest BCUT2D eigenvalue weighted by atomic mass is 32.2. The van der Waals surface area contributed by atoms with Gasteiger partial charge in [0.05, 0.1) is 16.1 Å². The van der Waals surface area contributed by atoms with Gasteiger partial charge in [-0.2, -0.15) is 17.0 Å². The fourth-order valence-corrected chi connectivity index (χ4v) is 7.69. The minimum Gasteiger partial charge on any atom is -0.378 e. The molecule has 2 fully saturated rings. The SMILES string of the molecule is COC1(C(=O)NS(=O)(=O)c2cc(F)c(N[C@H](CCN(C)C)CSC3CCCCC3)c(C#N)c2)CCCCC1. The highest BCUT2D eigenvalue weighted by Crippen LogP contribution is 2.33. The monoisotopic (exact) mass is 568 g/mol.